The van der Waals surface area contributed by atoms with E-state index in [0.717, 1.165) is 24.0 Å². The zero-order chi connectivity index (χ0) is 11.9. The predicted molar refractivity (Wildman–Crippen MR) is 60.1 cm³/mol. The topological polar surface area (TPSA) is 54.4 Å². The second-order valence-corrected chi connectivity index (χ2v) is 4.32. The van der Waals surface area contributed by atoms with Crippen LogP contribution in [0.5, 0.6) is 0 Å². The largest absolute Gasteiger partial charge is 0.478 e. The van der Waals surface area contributed by atoms with Crippen LogP contribution in [-0.2, 0) is 6.42 Å². The lowest BCUT2D eigenvalue weighted by Gasteiger charge is -2.20. The Bertz CT molecular complexity index is 486. The second-order valence-electron chi connectivity index (χ2n) is 4.32. The van der Waals surface area contributed by atoms with Crippen LogP contribution < -0.4 is 0 Å². The molecule has 0 bridgehead atoms. The van der Waals surface area contributed by atoms with Crippen molar-refractivity contribution in [2.24, 2.45) is 0 Å². The predicted octanol–water partition coefficient (Wildman–Crippen LogP) is 2.52. The van der Waals surface area contributed by atoms with E-state index in [1.165, 1.54) is 0 Å². The van der Waals surface area contributed by atoms with Gasteiger partial charge in [0.2, 0.25) is 0 Å². The minimum absolute atomic E-state index is 0.0227. The Morgan fingerprint density at radius 3 is 2.56 bits per heavy atom. The molecular weight excluding hydrogens is 204 g/mol. The maximum atomic E-state index is 11.9. The Balaban J connectivity index is 2.79. The van der Waals surface area contributed by atoms with E-state index in [-0.39, 0.29) is 11.3 Å². The fourth-order valence-electron chi connectivity index (χ4n) is 2.49. The smallest absolute Gasteiger partial charge is 0.336 e. The van der Waals surface area contributed by atoms with Crippen LogP contribution in [0, 0.1) is 13.8 Å². The summed E-state index contributed by atoms with van der Waals surface area (Å²) in [5.41, 5.74) is 3.30. The van der Waals surface area contributed by atoms with Crippen molar-refractivity contribution in [3.8, 4) is 0 Å². The third-order valence-electron chi connectivity index (χ3n) is 3.18. The zero-order valence-electron chi connectivity index (χ0n) is 9.46. The van der Waals surface area contributed by atoms with Crippen molar-refractivity contribution in [2.45, 2.75) is 33.1 Å². The standard InChI is InChI=1S/C13H14O3/c1-7-6-8(2)11(13(15)16)12-9(7)4-3-5-10(12)14/h6H,3-5H2,1-2H3,(H,15,16). The highest BCUT2D eigenvalue weighted by molar-refractivity contribution is 6.08. The SMILES string of the molecule is Cc1cc(C)c(C(=O)O)c2c1CCCC2=O. The quantitative estimate of drug-likeness (QED) is 0.788. The number of aromatic carboxylic acids is 1. The van der Waals surface area contributed by atoms with Crippen LogP contribution in [0.3, 0.4) is 0 Å². The van der Waals surface area contributed by atoms with Crippen molar-refractivity contribution in [3.05, 3.63) is 33.9 Å². The lowest BCUT2D eigenvalue weighted by Crippen LogP contribution is -2.19. The Morgan fingerprint density at radius 1 is 1.25 bits per heavy atom. The maximum absolute atomic E-state index is 11.9. The van der Waals surface area contributed by atoms with Crippen LogP contribution in [0.25, 0.3) is 0 Å². The third-order valence-corrected chi connectivity index (χ3v) is 3.18. The number of carboxylic acids is 1. The first-order valence-electron chi connectivity index (χ1n) is 5.42. The molecule has 0 aliphatic heterocycles. The number of Topliss-reactive ketones (excluding diaryl/α,β-unsaturated/α-hetero) is 1. The maximum Gasteiger partial charge on any atom is 0.336 e. The van der Waals surface area contributed by atoms with Gasteiger partial charge in [-0.15, -0.1) is 0 Å². The molecule has 16 heavy (non-hydrogen) atoms. The molecule has 0 aromatic heterocycles. The van der Waals surface area contributed by atoms with Gasteiger partial charge in [0.1, 0.15) is 0 Å². The van der Waals surface area contributed by atoms with E-state index in [4.69, 9.17) is 0 Å². The minimum atomic E-state index is -0.996. The normalized spacial score (nSPS) is 14.8. The molecule has 1 N–H and O–H groups in total. The lowest BCUT2D eigenvalue weighted by molar-refractivity contribution is 0.0690. The van der Waals surface area contributed by atoms with Gasteiger partial charge in [0, 0.05) is 12.0 Å². The van der Waals surface area contributed by atoms with Gasteiger partial charge in [0.05, 0.1) is 5.56 Å². The summed E-state index contributed by atoms with van der Waals surface area (Å²) < 4.78 is 0. The summed E-state index contributed by atoms with van der Waals surface area (Å²) in [6.45, 7) is 3.69. The number of carbonyl (C=O) groups excluding carboxylic acids is 1. The van der Waals surface area contributed by atoms with Crippen molar-refractivity contribution in [2.75, 3.05) is 0 Å². The Hall–Kier alpha value is -1.64. The van der Waals surface area contributed by atoms with Gasteiger partial charge in [-0.1, -0.05) is 6.07 Å². The van der Waals surface area contributed by atoms with E-state index in [1.807, 2.05) is 13.0 Å². The van der Waals surface area contributed by atoms with Crippen LogP contribution in [0.1, 0.15) is 50.2 Å². The molecule has 3 heteroatoms. The van der Waals surface area contributed by atoms with Gasteiger partial charge in [-0.3, -0.25) is 4.79 Å². The summed E-state index contributed by atoms with van der Waals surface area (Å²) in [4.78, 5) is 23.1. The summed E-state index contributed by atoms with van der Waals surface area (Å²) in [7, 11) is 0. The molecule has 0 radical (unpaired) electrons. The first kappa shape index (κ1) is 10.9. The van der Waals surface area contributed by atoms with Gasteiger partial charge in [-0.25, -0.2) is 4.79 Å². The Morgan fingerprint density at radius 2 is 1.94 bits per heavy atom. The average molecular weight is 218 g/mol. The van der Waals surface area contributed by atoms with E-state index in [9.17, 15) is 14.7 Å². The number of rotatable bonds is 1. The molecule has 0 heterocycles. The molecule has 0 saturated carbocycles. The molecule has 84 valence electrons. The number of hydrogen-bond acceptors (Lipinski definition) is 2. The van der Waals surface area contributed by atoms with Gasteiger partial charge in [0.25, 0.3) is 0 Å². The third kappa shape index (κ3) is 1.52. The fourth-order valence-corrected chi connectivity index (χ4v) is 2.49. The summed E-state index contributed by atoms with van der Waals surface area (Å²) in [6, 6.07) is 1.86. The van der Waals surface area contributed by atoms with Gasteiger partial charge in [-0.05, 0) is 43.4 Å². The molecule has 0 saturated heterocycles. The van der Waals surface area contributed by atoms with Crippen LogP contribution in [0.2, 0.25) is 0 Å². The number of benzene rings is 1. The number of carbonyl (C=O) groups is 2. The number of aryl methyl sites for hydroxylation is 2. The van der Waals surface area contributed by atoms with Gasteiger partial charge >= 0.3 is 5.97 Å². The van der Waals surface area contributed by atoms with Crippen molar-refractivity contribution < 1.29 is 14.7 Å². The average Bonchev–Trinajstić information content (AvgIpc) is 2.19. The lowest BCUT2D eigenvalue weighted by atomic mass is 9.82. The van der Waals surface area contributed by atoms with Crippen LogP contribution >= 0.6 is 0 Å². The fraction of sp³-hybridized carbons (Fsp3) is 0.385. The van der Waals surface area contributed by atoms with E-state index >= 15 is 0 Å². The minimum Gasteiger partial charge on any atom is -0.478 e. The van der Waals surface area contributed by atoms with Gasteiger partial charge in [0.15, 0.2) is 5.78 Å². The molecule has 0 unspecified atom stereocenters. The number of carboxylic acid groups (broad SMARTS) is 1. The van der Waals surface area contributed by atoms with Gasteiger partial charge in [-0.2, -0.15) is 0 Å². The Kier molecular flexibility index (Phi) is 2.54. The first-order chi connectivity index (χ1) is 7.52. The molecule has 1 aliphatic rings. The van der Waals surface area contributed by atoms with E-state index in [1.54, 1.807) is 6.92 Å². The van der Waals surface area contributed by atoms with E-state index in [0.29, 0.717) is 17.5 Å². The number of fused-ring (bicyclic) bond motifs is 1. The van der Waals surface area contributed by atoms with Crippen molar-refractivity contribution in [1.29, 1.82) is 0 Å². The monoisotopic (exact) mass is 218 g/mol. The number of ketones is 1. The highest BCUT2D eigenvalue weighted by Gasteiger charge is 2.26. The van der Waals surface area contributed by atoms with Crippen LogP contribution in [0.15, 0.2) is 6.07 Å². The molecule has 2 rings (SSSR count). The number of hydrogen-bond donors (Lipinski definition) is 1. The first-order valence-corrected chi connectivity index (χ1v) is 5.42. The second kappa shape index (κ2) is 3.74. The molecule has 1 aliphatic carbocycles. The highest BCUT2D eigenvalue weighted by Crippen LogP contribution is 2.29. The highest BCUT2D eigenvalue weighted by atomic mass is 16.4. The van der Waals surface area contributed by atoms with E-state index < -0.39 is 5.97 Å². The molecule has 0 atom stereocenters. The van der Waals surface area contributed by atoms with Crippen LogP contribution in [-0.4, -0.2) is 16.9 Å². The van der Waals surface area contributed by atoms with E-state index in [2.05, 4.69) is 0 Å². The van der Waals surface area contributed by atoms with Gasteiger partial charge < -0.3 is 5.11 Å². The zero-order valence-corrected chi connectivity index (χ0v) is 9.46. The molecule has 0 spiro atoms. The van der Waals surface area contributed by atoms with Crippen molar-refractivity contribution >= 4 is 11.8 Å². The summed E-state index contributed by atoms with van der Waals surface area (Å²) in [5.74, 6) is -1.02. The summed E-state index contributed by atoms with van der Waals surface area (Å²) in [6.07, 6.45) is 2.11. The molecular formula is C13H14O3. The molecule has 3 nitrogen and oxygen atoms in total. The Labute approximate surface area is 94.1 Å². The summed E-state index contributed by atoms with van der Waals surface area (Å²) >= 11 is 0. The molecule has 0 fully saturated rings. The summed E-state index contributed by atoms with van der Waals surface area (Å²) in [5, 5.41) is 9.18. The molecule has 0 amide bonds. The van der Waals surface area contributed by atoms with Crippen LogP contribution in [0.4, 0.5) is 0 Å². The van der Waals surface area contributed by atoms with Crippen molar-refractivity contribution in [1.82, 2.24) is 0 Å². The van der Waals surface area contributed by atoms with Crippen molar-refractivity contribution in [3.63, 3.8) is 0 Å². The molecule has 1 aromatic rings. The molecule has 1 aromatic carbocycles.